The first-order valence-electron chi connectivity index (χ1n) is 13.1. The molecule has 40 heavy (non-hydrogen) atoms. The van der Waals surface area contributed by atoms with E-state index in [1.807, 2.05) is 4.90 Å². The van der Waals surface area contributed by atoms with Gasteiger partial charge in [0.2, 0.25) is 5.91 Å². The van der Waals surface area contributed by atoms with Crippen molar-refractivity contribution in [3.63, 3.8) is 0 Å². The van der Waals surface area contributed by atoms with E-state index in [0.29, 0.717) is 55.4 Å². The van der Waals surface area contributed by atoms with Crippen molar-refractivity contribution in [2.75, 3.05) is 42.9 Å². The van der Waals surface area contributed by atoms with Crippen LogP contribution in [0.3, 0.4) is 0 Å². The number of anilines is 2. The lowest BCUT2D eigenvalue weighted by Crippen LogP contribution is -2.47. The van der Waals surface area contributed by atoms with E-state index in [1.165, 1.54) is 18.2 Å². The van der Waals surface area contributed by atoms with Crippen LogP contribution in [-0.2, 0) is 11.3 Å². The van der Waals surface area contributed by atoms with Gasteiger partial charge in [-0.15, -0.1) is 0 Å². The van der Waals surface area contributed by atoms with Gasteiger partial charge in [0.15, 0.2) is 11.6 Å². The van der Waals surface area contributed by atoms with Gasteiger partial charge in [-0.25, -0.2) is 8.78 Å². The van der Waals surface area contributed by atoms with Crippen LogP contribution in [-0.4, -0.2) is 61.7 Å². The van der Waals surface area contributed by atoms with Crippen molar-refractivity contribution in [3.8, 4) is 0 Å². The summed E-state index contributed by atoms with van der Waals surface area (Å²) < 4.78 is 67.4. The van der Waals surface area contributed by atoms with Crippen LogP contribution in [0.1, 0.15) is 41.6 Å². The summed E-state index contributed by atoms with van der Waals surface area (Å²) in [7, 11) is 0. The maximum atomic E-state index is 14.9. The third kappa shape index (κ3) is 7.61. The predicted molar refractivity (Wildman–Crippen MR) is 142 cm³/mol. The van der Waals surface area contributed by atoms with Gasteiger partial charge in [0, 0.05) is 61.8 Å². The molecule has 0 spiro atoms. The topological polar surface area (TPSA) is 90.7 Å². The lowest BCUT2D eigenvalue weighted by atomic mass is 10.1. The van der Waals surface area contributed by atoms with Crippen LogP contribution in [0.4, 0.5) is 33.3 Å². The zero-order valence-electron chi connectivity index (χ0n) is 21.7. The van der Waals surface area contributed by atoms with E-state index < -0.39 is 35.7 Å². The van der Waals surface area contributed by atoms with Gasteiger partial charge in [0.05, 0.1) is 23.4 Å². The van der Waals surface area contributed by atoms with Gasteiger partial charge < -0.3 is 21.3 Å². The van der Waals surface area contributed by atoms with Crippen LogP contribution in [0.25, 0.3) is 0 Å². The number of amides is 2. The van der Waals surface area contributed by atoms with E-state index in [1.54, 1.807) is 11.0 Å². The zero-order valence-corrected chi connectivity index (χ0v) is 22.4. The van der Waals surface area contributed by atoms with Gasteiger partial charge in [0.1, 0.15) is 0 Å². The molecule has 2 amide bonds. The first-order chi connectivity index (χ1) is 18.9. The van der Waals surface area contributed by atoms with Crippen molar-refractivity contribution >= 4 is 34.8 Å². The number of nitrogens with one attached hydrogen (secondary N) is 2. The van der Waals surface area contributed by atoms with Gasteiger partial charge in [-0.2, -0.15) is 13.2 Å². The number of nitrogens with two attached hydrogens (primary N) is 1. The van der Waals surface area contributed by atoms with Gasteiger partial charge in [-0.3, -0.25) is 14.5 Å². The first kappa shape index (κ1) is 30.0. The van der Waals surface area contributed by atoms with E-state index in [4.69, 9.17) is 17.3 Å². The van der Waals surface area contributed by atoms with Crippen molar-refractivity contribution in [1.29, 1.82) is 0 Å². The largest absolute Gasteiger partial charge is 0.390 e. The standard InChI is InChI=1S/C27H31ClF5N5O2/c28-18-3-6-21(22(14-18)38-11-9-37(10-12-38)8-7-27(31,32)33)36-26(40)20-5-2-17(23(29)24(20)30)15-35-25(39)16-1-4-19(34)13-16/h2-3,5-6,14,16,19H,1,4,7-13,15,34H2,(H,35,39)(H,36,40)/t16-,19+/m1/s1. The van der Waals surface area contributed by atoms with Crippen LogP contribution >= 0.6 is 11.6 Å². The number of hydrogen-bond acceptors (Lipinski definition) is 5. The molecule has 1 aliphatic heterocycles. The average Bonchev–Trinajstić information content (AvgIpc) is 3.35. The van der Waals surface area contributed by atoms with Crippen molar-refractivity contribution in [2.24, 2.45) is 11.7 Å². The monoisotopic (exact) mass is 587 g/mol. The number of hydrogen-bond donors (Lipinski definition) is 3. The predicted octanol–water partition coefficient (Wildman–Crippen LogP) is 4.69. The average molecular weight is 588 g/mol. The lowest BCUT2D eigenvalue weighted by Gasteiger charge is -2.37. The molecule has 1 aliphatic carbocycles. The number of alkyl halides is 3. The number of carbonyl (C=O) groups excluding carboxylic acids is 2. The summed E-state index contributed by atoms with van der Waals surface area (Å²) in [6.07, 6.45) is -3.20. The summed E-state index contributed by atoms with van der Waals surface area (Å²) in [5, 5.41) is 5.57. The van der Waals surface area contributed by atoms with Gasteiger partial charge in [-0.05, 0) is 43.5 Å². The molecule has 4 N–H and O–H groups in total. The molecule has 2 fully saturated rings. The lowest BCUT2D eigenvalue weighted by molar-refractivity contribution is -0.138. The minimum Gasteiger partial charge on any atom is -0.367 e. The molecule has 7 nitrogen and oxygen atoms in total. The molecular weight excluding hydrogens is 557 g/mol. The Morgan fingerprint density at radius 1 is 1.02 bits per heavy atom. The van der Waals surface area contributed by atoms with Gasteiger partial charge in [0.25, 0.3) is 5.91 Å². The minimum absolute atomic E-state index is 0.0447. The fourth-order valence-electron chi connectivity index (χ4n) is 5.04. The Balaban J connectivity index is 1.40. The molecule has 4 rings (SSSR count). The Kier molecular flexibility index (Phi) is 9.52. The second-order valence-corrected chi connectivity index (χ2v) is 10.6. The van der Waals surface area contributed by atoms with Gasteiger partial charge in [-0.1, -0.05) is 17.7 Å². The Labute approximate surface area is 233 Å². The fraction of sp³-hybridized carbons (Fsp3) is 0.481. The molecule has 0 bridgehead atoms. The molecule has 1 heterocycles. The number of nitrogens with zero attached hydrogens (tertiary/aromatic N) is 2. The second-order valence-electron chi connectivity index (χ2n) is 10.2. The highest BCUT2D eigenvalue weighted by Crippen LogP contribution is 2.32. The quantitative estimate of drug-likeness (QED) is 0.390. The maximum Gasteiger partial charge on any atom is 0.390 e. The Morgan fingerprint density at radius 3 is 2.40 bits per heavy atom. The Bertz CT molecular complexity index is 1240. The van der Waals surface area contributed by atoms with Crippen molar-refractivity contribution in [2.45, 2.75) is 44.4 Å². The third-order valence-corrected chi connectivity index (χ3v) is 7.57. The highest BCUT2D eigenvalue weighted by molar-refractivity contribution is 6.31. The summed E-state index contributed by atoms with van der Waals surface area (Å²) in [6.45, 7) is 1.19. The number of rotatable bonds is 8. The molecule has 0 aromatic heterocycles. The summed E-state index contributed by atoms with van der Waals surface area (Å²) in [4.78, 5) is 28.8. The first-order valence-corrected chi connectivity index (χ1v) is 13.4. The Hall–Kier alpha value is -2.96. The highest BCUT2D eigenvalue weighted by Gasteiger charge is 2.30. The smallest absolute Gasteiger partial charge is 0.367 e. The second kappa shape index (κ2) is 12.7. The molecule has 2 atom stereocenters. The molecule has 0 radical (unpaired) electrons. The zero-order chi connectivity index (χ0) is 29.0. The Morgan fingerprint density at radius 2 is 1.75 bits per heavy atom. The maximum absolute atomic E-state index is 14.9. The van der Waals surface area contributed by atoms with Crippen LogP contribution in [0.5, 0.6) is 0 Å². The molecule has 1 saturated heterocycles. The summed E-state index contributed by atoms with van der Waals surface area (Å²) >= 11 is 6.16. The number of piperazine rings is 1. The molecule has 13 heteroatoms. The van der Waals surface area contributed by atoms with E-state index >= 15 is 0 Å². The third-order valence-electron chi connectivity index (χ3n) is 7.34. The van der Waals surface area contributed by atoms with E-state index in [9.17, 15) is 31.5 Å². The number of halogens is 6. The van der Waals surface area contributed by atoms with Crippen LogP contribution in [0.15, 0.2) is 30.3 Å². The number of carbonyl (C=O) groups is 2. The van der Waals surface area contributed by atoms with Crippen molar-refractivity contribution < 1.29 is 31.5 Å². The van der Waals surface area contributed by atoms with Gasteiger partial charge >= 0.3 is 6.18 Å². The fourth-order valence-corrected chi connectivity index (χ4v) is 5.21. The molecule has 2 aliphatic rings. The molecule has 1 saturated carbocycles. The summed E-state index contributed by atoms with van der Waals surface area (Å²) in [6, 6.07) is 7.00. The van der Waals surface area contributed by atoms with Crippen molar-refractivity contribution in [1.82, 2.24) is 10.2 Å². The molecular formula is C27H31ClF5N5O2. The van der Waals surface area contributed by atoms with E-state index in [0.717, 1.165) is 12.5 Å². The molecule has 0 unspecified atom stereocenters. The van der Waals surface area contributed by atoms with Crippen molar-refractivity contribution in [3.05, 3.63) is 58.1 Å². The van der Waals surface area contributed by atoms with Crippen LogP contribution in [0, 0.1) is 17.6 Å². The SMILES string of the molecule is N[C@H]1CC[C@@H](C(=O)NCc2ccc(C(=O)Nc3ccc(Cl)cc3N3CCN(CCC(F)(F)F)CC3)c(F)c2F)C1. The minimum atomic E-state index is -4.23. The van der Waals surface area contributed by atoms with E-state index in [2.05, 4.69) is 10.6 Å². The number of benzene rings is 2. The molecule has 218 valence electrons. The normalized spacial score (nSPS) is 20.0. The molecule has 2 aromatic carbocycles. The highest BCUT2D eigenvalue weighted by atomic mass is 35.5. The summed E-state index contributed by atoms with van der Waals surface area (Å²) in [5.41, 5.74) is 6.02. The molecule has 2 aromatic rings. The van der Waals surface area contributed by atoms with E-state index in [-0.39, 0.29) is 36.5 Å². The van der Waals surface area contributed by atoms with Crippen LogP contribution in [0.2, 0.25) is 5.02 Å². The summed E-state index contributed by atoms with van der Waals surface area (Å²) in [5.74, 6) is -4.00. The van der Waals surface area contributed by atoms with Crippen LogP contribution < -0.4 is 21.3 Å².